The predicted molar refractivity (Wildman–Crippen MR) is 65.8 cm³/mol. The molecule has 1 aliphatic heterocycles. The summed E-state index contributed by atoms with van der Waals surface area (Å²) >= 11 is 0. The fraction of sp³-hybridized carbons (Fsp3) is 1.00. The smallest absolute Gasteiger partial charge is 0.0928 e. The number of nitrogens with zero attached hydrogens (tertiary/aromatic N) is 1. The van der Waals surface area contributed by atoms with Gasteiger partial charge in [0.05, 0.1) is 12.7 Å². The summed E-state index contributed by atoms with van der Waals surface area (Å²) < 4.78 is 10.4. The maximum absolute atomic E-state index is 5.32. The molecule has 0 aromatic carbocycles. The van der Waals surface area contributed by atoms with Crippen LogP contribution in [0.1, 0.15) is 20.3 Å². The molecule has 1 fully saturated rings. The molecule has 4 heteroatoms. The van der Waals surface area contributed by atoms with Crippen molar-refractivity contribution >= 4 is 0 Å². The zero-order valence-electron chi connectivity index (χ0n) is 11.0. The van der Waals surface area contributed by atoms with Gasteiger partial charge in [0.2, 0.25) is 0 Å². The lowest BCUT2D eigenvalue weighted by molar-refractivity contribution is 0.0274. The van der Waals surface area contributed by atoms with Gasteiger partial charge in [0, 0.05) is 39.4 Å². The summed E-state index contributed by atoms with van der Waals surface area (Å²) in [5.74, 6) is 0. The molecule has 0 aromatic rings. The predicted octanol–water partition coefficient (Wildman–Crippen LogP) is 0.720. The summed E-state index contributed by atoms with van der Waals surface area (Å²) in [6.07, 6.45) is 1.40. The maximum atomic E-state index is 5.32. The fourth-order valence-electron chi connectivity index (χ4n) is 2.12. The third-order valence-electron chi connectivity index (χ3n) is 3.27. The van der Waals surface area contributed by atoms with E-state index in [2.05, 4.69) is 24.1 Å². The molecule has 2 unspecified atom stereocenters. The summed E-state index contributed by atoms with van der Waals surface area (Å²) in [6.45, 7) is 8.40. The maximum Gasteiger partial charge on any atom is 0.0928 e. The van der Waals surface area contributed by atoms with Crippen LogP contribution in [-0.2, 0) is 9.47 Å². The largest absolute Gasteiger partial charge is 0.382 e. The second-order valence-electron chi connectivity index (χ2n) is 4.80. The zero-order chi connectivity index (χ0) is 12.0. The number of nitrogens with one attached hydrogen (secondary N) is 1. The van der Waals surface area contributed by atoms with E-state index < -0.39 is 0 Å². The summed E-state index contributed by atoms with van der Waals surface area (Å²) in [5.41, 5.74) is 0. The molecule has 1 aliphatic rings. The van der Waals surface area contributed by atoms with Crippen LogP contribution in [0.5, 0.6) is 0 Å². The Hall–Kier alpha value is -0.160. The normalized spacial score (nSPS) is 24.2. The first kappa shape index (κ1) is 13.9. The third kappa shape index (κ3) is 4.37. The molecule has 96 valence electrons. The summed E-state index contributed by atoms with van der Waals surface area (Å²) in [6, 6.07) is 1.26. The Kier molecular flexibility index (Phi) is 6.28. The number of likely N-dealkylation sites (tertiary alicyclic amines) is 1. The first-order valence-corrected chi connectivity index (χ1v) is 6.16. The van der Waals surface area contributed by atoms with Gasteiger partial charge < -0.3 is 14.8 Å². The first-order valence-electron chi connectivity index (χ1n) is 6.16. The quantitative estimate of drug-likeness (QED) is 0.699. The molecular weight excluding hydrogens is 204 g/mol. The average Bonchev–Trinajstić information content (AvgIpc) is 2.73. The minimum Gasteiger partial charge on any atom is -0.382 e. The zero-order valence-corrected chi connectivity index (χ0v) is 11.0. The Morgan fingerprint density at radius 2 is 2.12 bits per heavy atom. The first-order chi connectivity index (χ1) is 7.67. The molecule has 0 bridgehead atoms. The Morgan fingerprint density at radius 1 is 1.38 bits per heavy atom. The van der Waals surface area contributed by atoms with E-state index in [1.54, 1.807) is 14.2 Å². The Bertz CT molecular complexity index is 188. The lowest BCUT2D eigenvalue weighted by Gasteiger charge is -2.21. The van der Waals surface area contributed by atoms with Gasteiger partial charge in [0.15, 0.2) is 0 Å². The molecule has 4 nitrogen and oxygen atoms in total. The molecular formula is C12H26N2O2. The van der Waals surface area contributed by atoms with Crippen molar-refractivity contribution in [1.82, 2.24) is 10.2 Å². The van der Waals surface area contributed by atoms with Crippen LogP contribution in [0.15, 0.2) is 0 Å². The van der Waals surface area contributed by atoms with Crippen molar-refractivity contribution < 1.29 is 9.47 Å². The molecule has 2 atom stereocenters. The molecule has 1 heterocycles. The average molecular weight is 230 g/mol. The molecule has 0 spiro atoms. The minimum atomic E-state index is 0.165. The monoisotopic (exact) mass is 230 g/mol. The van der Waals surface area contributed by atoms with E-state index in [4.69, 9.17) is 9.47 Å². The van der Waals surface area contributed by atoms with Gasteiger partial charge in [-0.2, -0.15) is 0 Å². The Balaban J connectivity index is 2.18. The van der Waals surface area contributed by atoms with Crippen LogP contribution < -0.4 is 5.32 Å². The standard InChI is InChI=1S/C12H26N2O2/c1-10(2)14-6-5-11(8-14)13-7-12(16-4)9-15-3/h10-13H,5-9H2,1-4H3. The summed E-state index contributed by atoms with van der Waals surface area (Å²) in [5, 5.41) is 3.56. The van der Waals surface area contributed by atoms with E-state index in [-0.39, 0.29) is 6.10 Å². The van der Waals surface area contributed by atoms with Crippen molar-refractivity contribution in [2.45, 2.75) is 38.5 Å². The number of hydrogen-bond acceptors (Lipinski definition) is 4. The molecule has 1 saturated heterocycles. The van der Waals surface area contributed by atoms with Crippen LogP contribution >= 0.6 is 0 Å². The van der Waals surface area contributed by atoms with Gasteiger partial charge in [-0.3, -0.25) is 4.90 Å². The van der Waals surface area contributed by atoms with Crippen molar-refractivity contribution in [2.24, 2.45) is 0 Å². The van der Waals surface area contributed by atoms with E-state index in [9.17, 15) is 0 Å². The SMILES string of the molecule is COCC(CNC1CCN(C(C)C)C1)OC. The molecule has 0 aliphatic carbocycles. The molecule has 1 rings (SSSR count). The summed E-state index contributed by atoms with van der Waals surface area (Å²) in [7, 11) is 3.45. The van der Waals surface area contributed by atoms with E-state index >= 15 is 0 Å². The van der Waals surface area contributed by atoms with Gasteiger partial charge in [-0.25, -0.2) is 0 Å². The fourth-order valence-corrected chi connectivity index (χ4v) is 2.12. The van der Waals surface area contributed by atoms with Gasteiger partial charge in [-0.15, -0.1) is 0 Å². The Labute approximate surface area is 99.3 Å². The van der Waals surface area contributed by atoms with Crippen molar-refractivity contribution in [3.05, 3.63) is 0 Å². The van der Waals surface area contributed by atoms with E-state index in [1.165, 1.54) is 13.0 Å². The van der Waals surface area contributed by atoms with Gasteiger partial charge in [0.25, 0.3) is 0 Å². The Morgan fingerprint density at radius 3 is 2.62 bits per heavy atom. The molecule has 0 amide bonds. The van der Waals surface area contributed by atoms with Crippen molar-refractivity contribution in [3.8, 4) is 0 Å². The minimum absolute atomic E-state index is 0.165. The highest BCUT2D eigenvalue weighted by atomic mass is 16.5. The van der Waals surface area contributed by atoms with Crippen molar-refractivity contribution in [3.63, 3.8) is 0 Å². The van der Waals surface area contributed by atoms with Crippen LogP contribution in [-0.4, -0.2) is 63.5 Å². The van der Waals surface area contributed by atoms with E-state index in [0.29, 0.717) is 18.7 Å². The number of hydrogen-bond donors (Lipinski definition) is 1. The highest BCUT2D eigenvalue weighted by Crippen LogP contribution is 2.12. The van der Waals surface area contributed by atoms with Gasteiger partial charge in [-0.05, 0) is 26.8 Å². The highest BCUT2D eigenvalue weighted by Gasteiger charge is 2.24. The van der Waals surface area contributed by atoms with Crippen molar-refractivity contribution in [1.29, 1.82) is 0 Å². The van der Waals surface area contributed by atoms with Crippen LogP contribution in [0, 0.1) is 0 Å². The lowest BCUT2D eigenvalue weighted by Crippen LogP contribution is -2.40. The van der Waals surface area contributed by atoms with Crippen LogP contribution in [0.2, 0.25) is 0 Å². The molecule has 16 heavy (non-hydrogen) atoms. The second-order valence-corrected chi connectivity index (χ2v) is 4.80. The highest BCUT2D eigenvalue weighted by molar-refractivity contribution is 4.83. The lowest BCUT2D eigenvalue weighted by atomic mass is 10.2. The van der Waals surface area contributed by atoms with Crippen LogP contribution in [0.4, 0.5) is 0 Å². The topological polar surface area (TPSA) is 33.7 Å². The van der Waals surface area contributed by atoms with Gasteiger partial charge >= 0.3 is 0 Å². The van der Waals surface area contributed by atoms with E-state index in [0.717, 1.165) is 13.1 Å². The molecule has 0 saturated carbocycles. The molecule has 0 aromatic heterocycles. The molecule has 0 radical (unpaired) electrons. The number of rotatable bonds is 7. The number of ether oxygens (including phenoxy) is 2. The van der Waals surface area contributed by atoms with Crippen molar-refractivity contribution in [2.75, 3.05) is 40.5 Å². The van der Waals surface area contributed by atoms with Gasteiger partial charge in [0.1, 0.15) is 0 Å². The number of methoxy groups -OCH3 is 2. The third-order valence-corrected chi connectivity index (χ3v) is 3.27. The summed E-state index contributed by atoms with van der Waals surface area (Å²) in [4.78, 5) is 2.51. The van der Waals surface area contributed by atoms with Crippen LogP contribution in [0.3, 0.4) is 0 Å². The van der Waals surface area contributed by atoms with E-state index in [1.807, 2.05) is 0 Å². The van der Waals surface area contributed by atoms with Gasteiger partial charge in [-0.1, -0.05) is 0 Å². The second kappa shape index (κ2) is 7.22. The van der Waals surface area contributed by atoms with Crippen LogP contribution in [0.25, 0.3) is 0 Å². The molecule has 1 N–H and O–H groups in total.